The fourth-order valence-corrected chi connectivity index (χ4v) is 1.79. The van der Waals surface area contributed by atoms with Crippen molar-refractivity contribution in [2.24, 2.45) is 0 Å². The molecule has 17 heavy (non-hydrogen) atoms. The summed E-state index contributed by atoms with van der Waals surface area (Å²) in [5, 5.41) is 0. The summed E-state index contributed by atoms with van der Waals surface area (Å²) < 4.78 is 19.3. The molecule has 1 aliphatic heterocycles. The van der Waals surface area contributed by atoms with Crippen LogP contribution in [0.15, 0.2) is 35.9 Å². The zero-order valence-electron chi connectivity index (χ0n) is 11.3. The number of unbranched alkanes of at least 4 members (excludes halogenated alkanes) is 1. The second kappa shape index (κ2) is 6.58. The molecular formula is C15H20O2. The summed E-state index contributed by atoms with van der Waals surface area (Å²) in [5.74, 6) is 0. The zero-order valence-corrected chi connectivity index (χ0v) is 10.3. The van der Waals surface area contributed by atoms with Crippen LogP contribution in [0.4, 0.5) is 0 Å². The van der Waals surface area contributed by atoms with E-state index in [-0.39, 0.29) is 6.29 Å². The summed E-state index contributed by atoms with van der Waals surface area (Å²) >= 11 is 0. The van der Waals surface area contributed by atoms with Crippen molar-refractivity contribution in [1.29, 1.82) is 0 Å². The van der Waals surface area contributed by atoms with Gasteiger partial charge in [0.15, 0.2) is 6.29 Å². The van der Waals surface area contributed by atoms with Crippen LogP contribution in [-0.2, 0) is 9.47 Å². The monoisotopic (exact) mass is 233 g/mol. The third kappa shape index (κ3) is 3.99. The van der Waals surface area contributed by atoms with E-state index in [4.69, 9.17) is 10.8 Å². The van der Waals surface area contributed by atoms with Gasteiger partial charge in [0.05, 0.1) is 7.98 Å². The number of rotatable bonds is 5. The molecule has 1 saturated heterocycles. The van der Waals surface area contributed by atoms with E-state index in [1.807, 2.05) is 30.3 Å². The van der Waals surface area contributed by atoms with E-state index in [1.54, 1.807) is 0 Å². The normalized spacial score (nSPS) is 23.6. The van der Waals surface area contributed by atoms with Gasteiger partial charge in [-0.25, -0.2) is 0 Å². The van der Waals surface area contributed by atoms with Crippen molar-refractivity contribution >= 4 is 6.05 Å². The van der Waals surface area contributed by atoms with E-state index in [1.165, 1.54) is 0 Å². The third-order valence-corrected chi connectivity index (χ3v) is 2.75. The van der Waals surface area contributed by atoms with Gasteiger partial charge in [-0.05, 0) is 17.6 Å². The lowest BCUT2D eigenvalue weighted by molar-refractivity contribution is -0.111. The second-order valence-electron chi connectivity index (χ2n) is 4.26. The van der Waals surface area contributed by atoms with Crippen molar-refractivity contribution in [3.05, 3.63) is 41.5 Å². The topological polar surface area (TPSA) is 18.5 Å². The zero-order chi connectivity index (χ0) is 12.8. The lowest BCUT2D eigenvalue weighted by Crippen LogP contribution is -2.11. The van der Waals surface area contributed by atoms with Crippen molar-refractivity contribution in [3.8, 4) is 0 Å². The van der Waals surface area contributed by atoms with Crippen LogP contribution in [0, 0.1) is 0 Å². The molecule has 1 aliphatic rings. The van der Waals surface area contributed by atoms with Gasteiger partial charge in [-0.3, -0.25) is 0 Å². The first-order valence-electron chi connectivity index (χ1n) is 6.78. The van der Waals surface area contributed by atoms with Crippen LogP contribution >= 0.6 is 0 Å². The Morgan fingerprint density at radius 1 is 1.47 bits per heavy atom. The highest BCUT2D eigenvalue weighted by Crippen LogP contribution is 2.22. The Morgan fingerprint density at radius 2 is 2.29 bits per heavy atom. The van der Waals surface area contributed by atoms with E-state index < -0.39 is 0 Å². The Balaban J connectivity index is 1.95. The smallest absolute Gasteiger partial charge is 0.161 e. The van der Waals surface area contributed by atoms with Crippen LogP contribution in [0.5, 0.6) is 0 Å². The Labute approximate surface area is 105 Å². The molecule has 1 fully saturated rings. The van der Waals surface area contributed by atoms with Crippen molar-refractivity contribution in [1.82, 2.24) is 0 Å². The largest absolute Gasteiger partial charge is 0.352 e. The molecule has 2 heteroatoms. The lowest BCUT2D eigenvalue weighted by Gasteiger charge is -2.09. The van der Waals surface area contributed by atoms with Crippen molar-refractivity contribution in [3.63, 3.8) is 0 Å². The average Bonchev–Trinajstić information content (AvgIpc) is 2.88. The van der Waals surface area contributed by atoms with Crippen LogP contribution < -0.4 is 0 Å². The average molecular weight is 233 g/mol. The van der Waals surface area contributed by atoms with E-state index in [2.05, 4.69) is 6.92 Å². The standard InChI is InChI=1S/C15H20O2/c1-2-3-9-16-15-11-14(12-17-15)10-13-7-5-4-6-8-13/h4-8,10,15H,2-3,9,11-12H2,1H3/b14-10-/i10D. The highest BCUT2D eigenvalue weighted by molar-refractivity contribution is 5.53. The van der Waals surface area contributed by atoms with Gasteiger partial charge in [-0.2, -0.15) is 0 Å². The highest BCUT2D eigenvalue weighted by atomic mass is 16.7. The van der Waals surface area contributed by atoms with Gasteiger partial charge in [0.2, 0.25) is 0 Å². The fourth-order valence-electron chi connectivity index (χ4n) is 1.79. The maximum absolute atomic E-state index is 8.16. The molecule has 0 N–H and O–H groups in total. The molecule has 1 aromatic carbocycles. The summed E-state index contributed by atoms with van der Waals surface area (Å²) in [6.45, 7) is 3.40. The minimum atomic E-state index is -0.157. The van der Waals surface area contributed by atoms with Gasteiger partial charge >= 0.3 is 0 Å². The van der Waals surface area contributed by atoms with Gasteiger partial charge in [0.1, 0.15) is 0 Å². The molecule has 0 radical (unpaired) electrons. The quantitative estimate of drug-likeness (QED) is 0.723. The molecule has 1 atom stereocenters. The Bertz CT molecular complexity index is 400. The molecule has 92 valence electrons. The summed E-state index contributed by atoms with van der Waals surface area (Å²) in [4.78, 5) is 0. The number of benzene rings is 1. The minimum Gasteiger partial charge on any atom is -0.352 e. The van der Waals surface area contributed by atoms with Crippen LogP contribution in [0.25, 0.3) is 6.05 Å². The molecule has 0 bridgehead atoms. The molecule has 2 rings (SSSR count). The first-order valence-corrected chi connectivity index (χ1v) is 6.28. The molecular weight excluding hydrogens is 212 g/mol. The highest BCUT2D eigenvalue weighted by Gasteiger charge is 2.19. The Morgan fingerprint density at radius 3 is 3.06 bits per heavy atom. The molecule has 0 saturated carbocycles. The summed E-state index contributed by atoms with van der Waals surface area (Å²) in [6, 6.07) is 10.4. The molecule has 0 aromatic heterocycles. The minimum absolute atomic E-state index is 0.157. The molecule has 2 nitrogen and oxygen atoms in total. The van der Waals surface area contributed by atoms with E-state index in [9.17, 15) is 0 Å². The van der Waals surface area contributed by atoms with Crippen LogP contribution in [0.3, 0.4) is 0 Å². The van der Waals surface area contributed by atoms with E-state index in [0.29, 0.717) is 12.7 Å². The lowest BCUT2D eigenvalue weighted by atomic mass is 10.1. The molecule has 0 spiro atoms. The van der Waals surface area contributed by atoms with Crippen LogP contribution in [-0.4, -0.2) is 19.5 Å². The van der Waals surface area contributed by atoms with Gasteiger partial charge in [-0.15, -0.1) is 0 Å². The molecule has 1 heterocycles. The van der Waals surface area contributed by atoms with Gasteiger partial charge in [0.25, 0.3) is 0 Å². The molecule has 0 amide bonds. The summed E-state index contributed by atoms with van der Waals surface area (Å²) in [5.41, 5.74) is 1.98. The van der Waals surface area contributed by atoms with Crippen LogP contribution in [0.1, 0.15) is 33.1 Å². The first kappa shape index (κ1) is 11.0. The molecule has 0 aliphatic carbocycles. The maximum Gasteiger partial charge on any atom is 0.161 e. The predicted molar refractivity (Wildman–Crippen MR) is 69.6 cm³/mol. The Hall–Kier alpha value is -1.12. The number of hydrogen-bond acceptors (Lipinski definition) is 2. The SMILES string of the molecule is [2H]/C(=C1/COC(OCCCC)C1)c1ccccc1. The molecule has 1 aromatic rings. The van der Waals surface area contributed by atoms with Gasteiger partial charge in [-0.1, -0.05) is 49.7 Å². The third-order valence-electron chi connectivity index (χ3n) is 2.75. The summed E-state index contributed by atoms with van der Waals surface area (Å²) in [7, 11) is 0. The van der Waals surface area contributed by atoms with E-state index in [0.717, 1.165) is 37.0 Å². The van der Waals surface area contributed by atoms with Crippen LogP contribution in [0.2, 0.25) is 0 Å². The van der Waals surface area contributed by atoms with E-state index >= 15 is 0 Å². The van der Waals surface area contributed by atoms with Crippen molar-refractivity contribution in [2.75, 3.05) is 13.2 Å². The van der Waals surface area contributed by atoms with Crippen molar-refractivity contribution < 1.29 is 10.8 Å². The first-order chi connectivity index (χ1) is 8.81. The van der Waals surface area contributed by atoms with Gasteiger partial charge < -0.3 is 9.47 Å². The van der Waals surface area contributed by atoms with Crippen molar-refractivity contribution in [2.45, 2.75) is 32.5 Å². The number of hydrogen-bond donors (Lipinski definition) is 0. The molecule has 1 unspecified atom stereocenters. The maximum atomic E-state index is 8.16. The second-order valence-corrected chi connectivity index (χ2v) is 4.26. The van der Waals surface area contributed by atoms with Gasteiger partial charge in [0, 0.05) is 13.0 Å². The predicted octanol–water partition coefficient (Wildman–Crippen LogP) is 3.63. The fraction of sp³-hybridized carbons (Fsp3) is 0.467. The Kier molecular flexibility index (Phi) is 4.25. The number of ether oxygens (including phenoxy) is 2. The summed E-state index contributed by atoms with van der Waals surface area (Å²) in [6.07, 6.45) is 2.75.